The molecule has 0 fully saturated rings. The van der Waals surface area contributed by atoms with Gasteiger partial charge in [0.2, 0.25) is 0 Å². The molecule has 0 heterocycles. The third-order valence-electron chi connectivity index (χ3n) is 18.0. The summed E-state index contributed by atoms with van der Waals surface area (Å²) in [5.74, 6) is -1.33. The molecule has 0 aliphatic heterocycles. The Kier molecular flexibility index (Phi) is 68.7. The Labute approximate surface area is 588 Å². The second-order valence-electron chi connectivity index (χ2n) is 28.2. The number of aliphatic hydroxyl groups is 1. The first-order chi connectivity index (χ1) is 46.5. The average Bonchev–Trinajstić information content (AvgIpc) is 3.21. The molecule has 3 N–H and O–H groups in total. The summed E-state index contributed by atoms with van der Waals surface area (Å²) in [6.45, 7) is 7.29. The first-order valence-corrected chi connectivity index (χ1v) is 43.1. The number of rotatable bonds is 77. The Balaban J connectivity index is 5.19. The zero-order valence-electron chi connectivity index (χ0n) is 62.5. The summed E-state index contributed by atoms with van der Waals surface area (Å²) in [4.78, 5) is 72.8. The first kappa shape index (κ1) is 94.1. The van der Waals surface area contributed by atoms with Crippen LogP contribution in [0.5, 0.6) is 0 Å². The fourth-order valence-corrected chi connectivity index (χ4v) is 13.5. The van der Waals surface area contributed by atoms with Crippen molar-refractivity contribution in [2.75, 3.05) is 39.6 Å². The topological polar surface area (TPSA) is 237 Å². The van der Waals surface area contributed by atoms with Crippen molar-refractivity contribution < 1.29 is 80.2 Å². The van der Waals surface area contributed by atoms with Gasteiger partial charge in [0, 0.05) is 25.7 Å². The Morgan fingerprint density at radius 1 is 0.281 bits per heavy atom. The molecule has 19 heteroatoms. The number of esters is 4. The number of ether oxygens (including phenoxy) is 4. The number of carbonyl (C=O) groups excluding carboxylic acids is 4. The summed E-state index contributed by atoms with van der Waals surface area (Å²) in [6.07, 6.45) is 59.7. The molecule has 0 rings (SSSR count). The Bertz CT molecular complexity index is 1840. The van der Waals surface area contributed by atoms with E-state index in [0.29, 0.717) is 25.7 Å². The third-order valence-corrected chi connectivity index (χ3v) is 19.9. The minimum atomic E-state index is -4.96. The van der Waals surface area contributed by atoms with E-state index >= 15 is 0 Å². The van der Waals surface area contributed by atoms with Crippen LogP contribution in [0.2, 0.25) is 0 Å². The van der Waals surface area contributed by atoms with E-state index in [0.717, 1.165) is 95.8 Å². The van der Waals surface area contributed by atoms with Gasteiger partial charge in [-0.3, -0.25) is 37.3 Å². The van der Waals surface area contributed by atoms with Crippen LogP contribution in [0.25, 0.3) is 0 Å². The lowest BCUT2D eigenvalue weighted by molar-refractivity contribution is -0.161. The standard InChI is InChI=1S/C77H150O17P2/c1-6-9-12-15-18-21-24-25-26-27-28-29-30-31-32-33-38-43-48-53-58-63-77(82)94-73(67-88-75(80)61-56-51-46-42-37-35-34-36-39-44-49-54-59-70(4)5)69-92-96(85,86)90-65-71(78)64-89-95(83,84)91-68-72(93-76(81)62-57-52-47-41-23-20-17-14-11-8-3)66-87-74(79)60-55-50-45-40-22-19-16-13-10-7-2/h70-73,78H,6-69H2,1-5H3,(H,83,84)(H,85,86)/t71-,72+,73+/m0/s1. The smallest absolute Gasteiger partial charge is 0.462 e. The fraction of sp³-hybridized carbons (Fsp3) is 0.948. The highest BCUT2D eigenvalue weighted by atomic mass is 31.2. The lowest BCUT2D eigenvalue weighted by atomic mass is 10.0. The van der Waals surface area contributed by atoms with Gasteiger partial charge in [0.15, 0.2) is 12.2 Å². The second kappa shape index (κ2) is 70.1. The molecular weight excluding hydrogens is 1260 g/mol. The molecule has 17 nitrogen and oxygen atoms in total. The van der Waals surface area contributed by atoms with Crippen LogP contribution in [-0.4, -0.2) is 96.7 Å². The van der Waals surface area contributed by atoms with Gasteiger partial charge in [-0.2, -0.15) is 0 Å². The lowest BCUT2D eigenvalue weighted by Crippen LogP contribution is -2.30. The molecule has 0 amide bonds. The molecule has 0 bridgehead atoms. The van der Waals surface area contributed by atoms with Gasteiger partial charge < -0.3 is 33.8 Å². The Morgan fingerprint density at radius 2 is 0.479 bits per heavy atom. The van der Waals surface area contributed by atoms with Crippen LogP contribution in [0, 0.1) is 5.92 Å². The van der Waals surface area contributed by atoms with Crippen molar-refractivity contribution in [2.45, 2.75) is 425 Å². The zero-order valence-corrected chi connectivity index (χ0v) is 64.3. The monoisotopic (exact) mass is 1410 g/mol. The molecule has 2 unspecified atom stereocenters. The molecule has 0 radical (unpaired) electrons. The Morgan fingerprint density at radius 3 is 0.708 bits per heavy atom. The van der Waals surface area contributed by atoms with E-state index in [4.69, 9.17) is 37.0 Å². The highest BCUT2D eigenvalue weighted by Crippen LogP contribution is 2.45. The van der Waals surface area contributed by atoms with Gasteiger partial charge in [0.25, 0.3) is 0 Å². The highest BCUT2D eigenvalue weighted by molar-refractivity contribution is 7.47. The minimum absolute atomic E-state index is 0.107. The maximum absolute atomic E-state index is 13.1. The van der Waals surface area contributed by atoms with E-state index in [9.17, 15) is 43.2 Å². The van der Waals surface area contributed by atoms with Gasteiger partial charge in [-0.05, 0) is 31.6 Å². The number of hydrogen-bond donors (Lipinski definition) is 3. The number of phosphoric ester groups is 2. The van der Waals surface area contributed by atoms with E-state index in [1.807, 2.05) is 0 Å². The van der Waals surface area contributed by atoms with E-state index in [1.165, 1.54) is 231 Å². The van der Waals surface area contributed by atoms with E-state index in [1.54, 1.807) is 0 Å². The van der Waals surface area contributed by atoms with Crippen LogP contribution in [0.3, 0.4) is 0 Å². The number of aliphatic hydroxyl groups excluding tert-OH is 1. The number of unbranched alkanes of at least 4 members (excludes halogenated alkanes) is 49. The van der Waals surface area contributed by atoms with Gasteiger partial charge in [-0.1, -0.05) is 356 Å². The molecule has 0 spiro atoms. The molecule has 570 valence electrons. The van der Waals surface area contributed by atoms with Crippen molar-refractivity contribution in [3.8, 4) is 0 Å². The predicted molar refractivity (Wildman–Crippen MR) is 391 cm³/mol. The number of carbonyl (C=O) groups is 4. The lowest BCUT2D eigenvalue weighted by Gasteiger charge is -2.21. The molecule has 0 aliphatic rings. The molecule has 0 aromatic carbocycles. The molecule has 0 aromatic rings. The van der Waals surface area contributed by atoms with Crippen molar-refractivity contribution in [1.29, 1.82) is 0 Å². The maximum atomic E-state index is 13.1. The molecule has 96 heavy (non-hydrogen) atoms. The summed E-state index contributed by atoms with van der Waals surface area (Å²) < 4.78 is 68.5. The van der Waals surface area contributed by atoms with E-state index in [-0.39, 0.29) is 25.7 Å². The van der Waals surface area contributed by atoms with Crippen LogP contribution >= 0.6 is 15.6 Å². The summed E-state index contributed by atoms with van der Waals surface area (Å²) in [5.41, 5.74) is 0. The van der Waals surface area contributed by atoms with Crippen LogP contribution in [0.15, 0.2) is 0 Å². The third kappa shape index (κ3) is 70.5. The Hall–Kier alpha value is -1.94. The zero-order chi connectivity index (χ0) is 70.5. The molecule has 0 saturated heterocycles. The predicted octanol–water partition coefficient (Wildman–Crippen LogP) is 22.9. The average molecular weight is 1410 g/mol. The van der Waals surface area contributed by atoms with Gasteiger partial charge in [-0.15, -0.1) is 0 Å². The number of hydrogen-bond acceptors (Lipinski definition) is 15. The molecular formula is C77H150O17P2. The summed E-state index contributed by atoms with van der Waals surface area (Å²) in [7, 11) is -9.91. The second-order valence-corrected chi connectivity index (χ2v) is 31.1. The van der Waals surface area contributed by atoms with Crippen molar-refractivity contribution >= 4 is 39.5 Å². The molecule has 0 aliphatic carbocycles. The molecule has 5 atom stereocenters. The van der Waals surface area contributed by atoms with Crippen LogP contribution < -0.4 is 0 Å². The van der Waals surface area contributed by atoms with Gasteiger partial charge in [0.1, 0.15) is 19.3 Å². The van der Waals surface area contributed by atoms with E-state index < -0.39 is 97.5 Å². The highest BCUT2D eigenvalue weighted by Gasteiger charge is 2.30. The molecule has 0 aromatic heterocycles. The van der Waals surface area contributed by atoms with Gasteiger partial charge in [0.05, 0.1) is 26.4 Å². The first-order valence-electron chi connectivity index (χ1n) is 40.1. The minimum Gasteiger partial charge on any atom is -0.462 e. The van der Waals surface area contributed by atoms with Crippen molar-refractivity contribution in [2.24, 2.45) is 5.92 Å². The van der Waals surface area contributed by atoms with Crippen LogP contribution in [-0.2, 0) is 65.4 Å². The normalized spacial score (nSPS) is 13.9. The van der Waals surface area contributed by atoms with Crippen LogP contribution in [0.4, 0.5) is 0 Å². The van der Waals surface area contributed by atoms with Gasteiger partial charge in [-0.25, -0.2) is 9.13 Å². The van der Waals surface area contributed by atoms with E-state index in [2.05, 4.69) is 34.6 Å². The summed E-state index contributed by atoms with van der Waals surface area (Å²) in [6, 6.07) is 0. The quantitative estimate of drug-likeness (QED) is 0.0222. The van der Waals surface area contributed by atoms with Crippen LogP contribution in [0.1, 0.15) is 407 Å². The summed E-state index contributed by atoms with van der Waals surface area (Å²) in [5, 5.41) is 10.6. The largest absolute Gasteiger partial charge is 0.472 e. The fourth-order valence-electron chi connectivity index (χ4n) is 11.9. The summed E-state index contributed by atoms with van der Waals surface area (Å²) >= 11 is 0. The molecule has 0 saturated carbocycles. The van der Waals surface area contributed by atoms with Crippen molar-refractivity contribution in [3.63, 3.8) is 0 Å². The maximum Gasteiger partial charge on any atom is 0.472 e. The number of phosphoric acid groups is 2. The SMILES string of the molecule is CCCCCCCCCCCCCCCCCCCCCCCC(=O)O[C@H](COC(=O)CCCCCCCCCCCCCCC(C)C)COP(=O)(O)OC[C@@H](O)COP(=O)(O)OC[C@@H](COC(=O)CCCCCCCCCCCC)OC(=O)CCCCCCCCCCCC. The van der Waals surface area contributed by atoms with Crippen molar-refractivity contribution in [3.05, 3.63) is 0 Å². The van der Waals surface area contributed by atoms with Gasteiger partial charge >= 0.3 is 39.5 Å². The van der Waals surface area contributed by atoms with Crippen molar-refractivity contribution in [1.82, 2.24) is 0 Å².